The largest absolute Gasteiger partial charge is 0.364 e. The topological polar surface area (TPSA) is 51.2 Å². The van der Waals surface area contributed by atoms with E-state index >= 15 is 0 Å². The van der Waals surface area contributed by atoms with Crippen LogP contribution in [0, 0.1) is 0 Å². The molecule has 5 heteroatoms. The molecule has 1 N–H and O–H groups in total. The van der Waals surface area contributed by atoms with Crippen LogP contribution in [-0.4, -0.2) is 17.5 Å². The Kier molecular flexibility index (Phi) is 5.16. The Morgan fingerprint density at radius 1 is 1.12 bits per heavy atom. The number of fused-ring (bicyclic) bond motifs is 1. The number of thiazole rings is 1. The number of para-hydroxylation sites is 1. The molecule has 0 saturated heterocycles. The molecule has 0 atom stereocenters. The molecule has 3 rings (SSSR count). The Morgan fingerprint density at radius 2 is 1.84 bits per heavy atom. The molecular formula is C20H22N2O2S. The summed E-state index contributed by atoms with van der Waals surface area (Å²) in [5.74, 6) is -0.162. The number of anilines is 1. The predicted molar refractivity (Wildman–Crippen MR) is 103 cm³/mol. The highest BCUT2D eigenvalue weighted by Gasteiger charge is 2.13. The van der Waals surface area contributed by atoms with Crippen LogP contribution >= 0.6 is 11.3 Å². The fraction of sp³-hybridized carbons (Fsp3) is 0.300. The standard InChI is InChI=1S/C20H22N2O2S/c1-20(2,3)14-8-10-15(11-9-14)21-18(23)12-24-13-19-22-16-6-4-5-7-17(16)25-19/h4-11H,12-13H2,1-3H3,(H,21,23). The Labute approximate surface area is 151 Å². The minimum Gasteiger partial charge on any atom is -0.364 e. The molecule has 1 aromatic heterocycles. The van der Waals surface area contributed by atoms with E-state index < -0.39 is 0 Å². The summed E-state index contributed by atoms with van der Waals surface area (Å²) < 4.78 is 6.63. The molecule has 2 aromatic carbocycles. The SMILES string of the molecule is CC(C)(C)c1ccc(NC(=O)COCc2nc3ccccc3s2)cc1. The number of hydrogen-bond donors (Lipinski definition) is 1. The van der Waals surface area contributed by atoms with Crippen LogP contribution in [0.5, 0.6) is 0 Å². The number of aromatic nitrogens is 1. The molecule has 0 unspecified atom stereocenters. The molecule has 0 aliphatic rings. The van der Waals surface area contributed by atoms with E-state index in [2.05, 4.69) is 31.1 Å². The zero-order chi connectivity index (χ0) is 17.9. The summed E-state index contributed by atoms with van der Waals surface area (Å²) in [6.07, 6.45) is 0. The highest BCUT2D eigenvalue weighted by molar-refractivity contribution is 7.18. The molecule has 1 amide bonds. The lowest BCUT2D eigenvalue weighted by atomic mass is 9.87. The van der Waals surface area contributed by atoms with E-state index in [-0.39, 0.29) is 17.9 Å². The Bertz CT molecular complexity index is 830. The molecule has 0 bridgehead atoms. The van der Waals surface area contributed by atoms with Gasteiger partial charge in [0.15, 0.2) is 0 Å². The van der Waals surface area contributed by atoms with Crippen LogP contribution in [-0.2, 0) is 21.6 Å². The van der Waals surface area contributed by atoms with Crippen molar-refractivity contribution in [3.63, 3.8) is 0 Å². The highest BCUT2D eigenvalue weighted by atomic mass is 32.1. The third-order valence-corrected chi connectivity index (χ3v) is 4.84. The lowest BCUT2D eigenvalue weighted by molar-refractivity contribution is -0.121. The summed E-state index contributed by atoms with van der Waals surface area (Å²) >= 11 is 1.59. The number of benzene rings is 2. The number of nitrogens with one attached hydrogen (secondary N) is 1. The monoisotopic (exact) mass is 354 g/mol. The second-order valence-electron chi connectivity index (χ2n) is 6.94. The van der Waals surface area contributed by atoms with E-state index in [1.165, 1.54) is 5.56 Å². The van der Waals surface area contributed by atoms with Gasteiger partial charge in [-0.2, -0.15) is 0 Å². The Balaban J connectivity index is 1.49. The highest BCUT2D eigenvalue weighted by Crippen LogP contribution is 2.24. The average molecular weight is 354 g/mol. The van der Waals surface area contributed by atoms with Gasteiger partial charge < -0.3 is 10.1 Å². The second-order valence-corrected chi connectivity index (χ2v) is 8.06. The third-order valence-electron chi connectivity index (χ3n) is 3.83. The van der Waals surface area contributed by atoms with Crippen molar-refractivity contribution in [2.45, 2.75) is 32.8 Å². The van der Waals surface area contributed by atoms with Crippen molar-refractivity contribution in [1.82, 2.24) is 4.98 Å². The Morgan fingerprint density at radius 3 is 2.52 bits per heavy atom. The molecule has 25 heavy (non-hydrogen) atoms. The van der Waals surface area contributed by atoms with Crippen molar-refractivity contribution in [3.8, 4) is 0 Å². The summed E-state index contributed by atoms with van der Waals surface area (Å²) in [4.78, 5) is 16.5. The van der Waals surface area contributed by atoms with Gasteiger partial charge in [-0.05, 0) is 35.2 Å². The maximum atomic E-state index is 12.0. The zero-order valence-electron chi connectivity index (χ0n) is 14.7. The van der Waals surface area contributed by atoms with Gasteiger partial charge in [-0.3, -0.25) is 4.79 Å². The first kappa shape index (κ1) is 17.6. The van der Waals surface area contributed by atoms with Crippen molar-refractivity contribution in [1.29, 1.82) is 0 Å². The average Bonchev–Trinajstić information content (AvgIpc) is 2.97. The maximum Gasteiger partial charge on any atom is 0.250 e. The van der Waals surface area contributed by atoms with Crippen LogP contribution in [0.25, 0.3) is 10.2 Å². The van der Waals surface area contributed by atoms with Gasteiger partial charge in [-0.15, -0.1) is 11.3 Å². The van der Waals surface area contributed by atoms with E-state index in [9.17, 15) is 4.79 Å². The van der Waals surface area contributed by atoms with Crippen LogP contribution in [0.4, 0.5) is 5.69 Å². The van der Waals surface area contributed by atoms with E-state index in [0.29, 0.717) is 6.61 Å². The van der Waals surface area contributed by atoms with Gasteiger partial charge in [0.2, 0.25) is 5.91 Å². The lowest BCUT2D eigenvalue weighted by Gasteiger charge is -2.19. The molecule has 0 spiro atoms. The van der Waals surface area contributed by atoms with Gasteiger partial charge in [-0.1, -0.05) is 45.0 Å². The molecule has 4 nitrogen and oxygen atoms in total. The van der Waals surface area contributed by atoms with Crippen LogP contribution in [0.1, 0.15) is 31.3 Å². The predicted octanol–water partition coefficient (Wildman–Crippen LogP) is 4.75. The van der Waals surface area contributed by atoms with Crippen LogP contribution in [0.15, 0.2) is 48.5 Å². The van der Waals surface area contributed by atoms with Crippen molar-refractivity contribution >= 4 is 33.1 Å². The number of amides is 1. The number of ether oxygens (including phenoxy) is 1. The fourth-order valence-corrected chi connectivity index (χ4v) is 3.37. The zero-order valence-corrected chi connectivity index (χ0v) is 15.5. The molecule has 0 fully saturated rings. The number of carbonyl (C=O) groups excluding carboxylic acids is 1. The van der Waals surface area contributed by atoms with Crippen molar-refractivity contribution in [2.24, 2.45) is 0 Å². The smallest absolute Gasteiger partial charge is 0.250 e. The maximum absolute atomic E-state index is 12.0. The van der Waals surface area contributed by atoms with Crippen molar-refractivity contribution in [3.05, 3.63) is 59.1 Å². The number of nitrogens with zero attached hydrogens (tertiary/aromatic N) is 1. The molecular weight excluding hydrogens is 332 g/mol. The molecule has 130 valence electrons. The van der Waals surface area contributed by atoms with E-state index in [1.54, 1.807) is 11.3 Å². The van der Waals surface area contributed by atoms with E-state index in [4.69, 9.17) is 4.74 Å². The van der Waals surface area contributed by atoms with E-state index in [1.807, 2.05) is 48.5 Å². The first-order valence-corrected chi connectivity index (χ1v) is 9.06. The molecule has 0 aliphatic heterocycles. The fourth-order valence-electron chi connectivity index (χ4n) is 2.46. The van der Waals surface area contributed by atoms with Crippen LogP contribution in [0.2, 0.25) is 0 Å². The quantitative estimate of drug-likeness (QED) is 0.719. The van der Waals surface area contributed by atoms with Gasteiger partial charge in [0.05, 0.1) is 16.8 Å². The van der Waals surface area contributed by atoms with E-state index in [0.717, 1.165) is 20.9 Å². The van der Waals surface area contributed by atoms with Gasteiger partial charge in [0, 0.05) is 5.69 Å². The van der Waals surface area contributed by atoms with Crippen molar-refractivity contribution in [2.75, 3.05) is 11.9 Å². The van der Waals surface area contributed by atoms with Crippen LogP contribution < -0.4 is 5.32 Å². The lowest BCUT2D eigenvalue weighted by Crippen LogP contribution is -2.18. The number of carbonyl (C=O) groups is 1. The minimum absolute atomic E-state index is 0.0109. The minimum atomic E-state index is -0.162. The first-order valence-electron chi connectivity index (χ1n) is 8.24. The summed E-state index contributed by atoms with van der Waals surface area (Å²) in [6.45, 7) is 6.84. The second kappa shape index (κ2) is 7.33. The number of rotatable bonds is 5. The molecule has 0 saturated carbocycles. The third kappa shape index (κ3) is 4.65. The summed E-state index contributed by atoms with van der Waals surface area (Å²) in [6, 6.07) is 15.9. The first-order chi connectivity index (χ1) is 11.9. The van der Waals surface area contributed by atoms with Crippen LogP contribution in [0.3, 0.4) is 0 Å². The molecule has 1 heterocycles. The van der Waals surface area contributed by atoms with Gasteiger partial charge in [-0.25, -0.2) is 4.98 Å². The van der Waals surface area contributed by atoms with Crippen molar-refractivity contribution < 1.29 is 9.53 Å². The molecule has 0 radical (unpaired) electrons. The molecule has 0 aliphatic carbocycles. The molecule has 3 aromatic rings. The van der Waals surface area contributed by atoms with Gasteiger partial charge in [0.1, 0.15) is 11.6 Å². The summed E-state index contributed by atoms with van der Waals surface area (Å²) in [7, 11) is 0. The Hall–Kier alpha value is -2.24. The van der Waals surface area contributed by atoms with Gasteiger partial charge >= 0.3 is 0 Å². The number of hydrogen-bond acceptors (Lipinski definition) is 4. The summed E-state index contributed by atoms with van der Waals surface area (Å²) in [5.41, 5.74) is 3.08. The summed E-state index contributed by atoms with van der Waals surface area (Å²) in [5, 5.41) is 3.73. The normalized spacial score (nSPS) is 11.6. The van der Waals surface area contributed by atoms with Gasteiger partial charge in [0.25, 0.3) is 0 Å².